The van der Waals surface area contributed by atoms with Crippen LogP contribution in [0, 0.1) is 5.92 Å². The first-order valence-corrected chi connectivity index (χ1v) is 6.96. The smallest absolute Gasteiger partial charge is 0.329 e. The highest BCUT2D eigenvalue weighted by atomic mass is 16.5. The van der Waals surface area contributed by atoms with Crippen LogP contribution in [0.3, 0.4) is 0 Å². The minimum absolute atomic E-state index is 0.142. The summed E-state index contributed by atoms with van der Waals surface area (Å²) in [6.45, 7) is 4.32. The highest BCUT2D eigenvalue weighted by molar-refractivity contribution is 5.91. The van der Waals surface area contributed by atoms with Crippen LogP contribution < -0.4 is 16.4 Å². The van der Waals surface area contributed by atoms with E-state index in [2.05, 4.69) is 10.6 Å². The molecule has 120 valence electrons. The van der Waals surface area contributed by atoms with Crippen molar-refractivity contribution in [2.45, 2.75) is 44.7 Å². The highest BCUT2D eigenvalue weighted by Gasteiger charge is 2.42. The van der Waals surface area contributed by atoms with Gasteiger partial charge in [0, 0.05) is 26.1 Å². The fourth-order valence-corrected chi connectivity index (χ4v) is 2.31. The number of nitrogens with two attached hydrogens (primary N) is 1. The Morgan fingerprint density at radius 1 is 1.29 bits per heavy atom. The number of carboxylic acids is 1. The number of hydrogen-bond acceptors (Lipinski definition) is 4. The predicted molar refractivity (Wildman–Crippen MR) is 74.5 cm³/mol. The zero-order valence-corrected chi connectivity index (χ0v) is 12.3. The number of aliphatic carboxylic acids is 1. The van der Waals surface area contributed by atoms with Crippen LogP contribution in [0.1, 0.15) is 33.1 Å². The van der Waals surface area contributed by atoms with Gasteiger partial charge in [0.05, 0.1) is 0 Å². The van der Waals surface area contributed by atoms with Crippen LogP contribution in [0.4, 0.5) is 4.79 Å². The highest BCUT2D eigenvalue weighted by Crippen LogP contribution is 2.21. The molecule has 0 aromatic rings. The summed E-state index contributed by atoms with van der Waals surface area (Å²) in [4.78, 5) is 34.8. The first kappa shape index (κ1) is 17.2. The Balaban J connectivity index is 2.81. The van der Waals surface area contributed by atoms with Crippen molar-refractivity contribution in [3.05, 3.63) is 0 Å². The summed E-state index contributed by atoms with van der Waals surface area (Å²) < 4.78 is 5.14. The number of nitrogens with one attached hydrogen (secondary N) is 2. The first-order valence-electron chi connectivity index (χ1n) is 6.96. The van der Waals surface area contributed by atoms with Crippen molar-refractivity contribution in [3.8, 4) is 0 Å². The Bertz CT molecular complexity index is 405. The van der Waals surface area contributed by atoms with Gasteiger partial charge in [-0.1, -0.05) is 13.8 Å². The molecule has 0 aromatic heterocycles. The minimum atomic E-state index is -1.34. The monoisotopic (exact) mass is 301 g/mol. The maximum absolute atomic E-state index is 12.3. The lowest BCUT2D eigenvalue weighted by atomic mass is 9.89. The van der Waals surface area contributed by atoms with Gasteiger partial charge in [-0.3, -0.25) is 4.79 Å². The fourth-order valence-electron chi connectivity index (χ4n) is 2.31. The molecule has 1 rings (SSSR count). The largest absolute Gasteiger partial charge is 0.480 e. The van der Waals surface area contributed by atoms with E-state index in [1.54, 1.807) is 0 Å². The van der Waals surface area contributed by atoms with Crippen LogP contribution in [0.2, 0.25) is 0 Å². The molecule has 1 unspecified atom stereocenters. The Hall–Kier alpha value is -1.83. The molecule has 0 saturated carbocycles. The molecule has 0 radical (unpaired) electrons. The Morgan fingerprint density at radius 3 is 2.29 bits per heavy atom. The molecular weight excluding hydrogens is 278 g/mol. The van der Waals surface area contributed by atoms with E-state index < -0.39 is 29.5 Å². The standard InChI is InChI=1S/C13H23N3O5/c1-8(2)7-9(15-12(14)20)10(17)16-13(11(18)19)3-5-21-6-4-13/h8-9H,3-7H2,1-2H3,(H,16,17)(H,18,19)(H3,14,15,20). The van der Waals surface area contributed by atoms with E-state index in [4.69, 9.17) is 10.5 Å². The number of rotatable bonds is 6. The number of urea groups is 1. The fraction of sp³-hybridized carbons (Fsp3) is 0.769. The summed E-state index contributed by atoms with van der Waals surface area (Å²) in [7, 11) is 0. The number of carbonyl (C=O) groups is 3. The third kappa shape index (κ3) is 4.89. The van der Waals surface area contributed by atoms with E-state index in [0.29, 0.717) is 6.42 Å². The van der Waals surface area contributed by atoms with Crippen LogP contribution in [0.25, 0.3) is 0 Å². The molecule has 1 aliphatic rings. The lowest BCUT2D eigenvalue weighted by molar-refractivity contribution is -0.152. The molecule has 1 heterocycles. The van der Waals surface area contributed by atoms with Gasteiger partial charge in [-0.15, -0.1) is 0 Å². The number of carbonyl (C=O) groups excluding carboxylic acids is 2. The Labute approximate surface area is 123 Å². The van der Waals surface area contributed by atoms with Crippen LogP contribution in [-0.2, 0) is 14.3 Å². The van der Waals surface area contributed by atoms with Crippen LogP contribution in [0.15, 0.2) is 0 Å². The second-order valence-electron chi connectivity index (χ2n) is 5.68. The molecular formula is C13H23N3O5. The van der Waals surface area contributed by atoms with Crippen molar-refractivity contribution in [1.29, 1.82) is 0 Å². The number of ether oxygens (including phenoxy) is 1. The summed E-state index contributed by atoms with van der Waals surface area (Å²) in [6, 6.07) is -1.66. The van der Waals surface area contributed by atoms with E-state index in [9.17, 15) is 19.5 Å². The van der Waals surface area contributed by atoms with Gasteiger partial charge in [-0.2, -0.15) is 0 Å². The summed E-state index contributed by atoms with van der Waals surface area (Å²) in [5.74, 6) is -1.49. The van der Waals surface area contributed by atoms with Gasteiger partial charge >= 0.3 is 12.0 Å². The predicted octanol–water partition coefficient (Wildman–Crippen LogP) is -0.181. The zero-order valence-electron chi connectivity index (χ0n) is 12.3. The minimum Gasteiger partial charge on any atom is -0.480 e. The molecule has 0 bridgehead atoms. The van der Waals surface area contributed by atoms with Crippen molar-refractivity contribution in [3.63, 3.8) is 0 Å². The molecule has 21 heavy (non-hydrogen) atoms. The van der Waals surface area contributed by atoms with E-state index >= 15 is 0 Å². The molecule has 0 aromatic carbocycles. The lowest BCUT2D eigenvalue weighted by Crippen LogP contribution is -2.61. The normalized spacial score (nSPS) is 18.8. The zero-order chi connectivity index (χ0) is 16.0. The van der Waals surface area contributed by atoms with Crippen LogP contribution in [-0.4, -0.2) is 47.8 Å². The van der Waals surface area contributed by atoms with Crippen molar-refractivity contribution >= 4 is 17.9 Å². The van der Waals surface area contributed by atoms with Gasteiger partial charge in [-0.05, 0) is 12.3 Å². The molecule has 3 amide bonds. The van der Waals surface area contributed by atoms with Crippen molar-refractivity contribution in [2.24, 2.45) is 11.7 Å². The number of amides is 3. The molecule has 0 aliphatic carbocycles. The topological polar surface area (TPSA) is 131 Å². The summed E-state index contributed by atoms with van der Waals surface area (Å²) >= 11 is 0. The van der Waals surface area contributed by atoms with Gasteiger partial charge in [0.1, 0.15) is 11.6 Å². The van der Waals surface area contributed by atoms with Crippen molar-refractivity contribution in [1.82, 2.24) is 10.6 Å². The van der Waals surface area contributed by atoms with Gasteiger partial charge in [-0.25, -0.2) is 9.59 Å². The summed E-state index contributed by atoms with van der Waals surface area (Å²) in [5.41, 5.74) is 3.72. The lowest BCUT2D eigenvalue weighted by Gasteiger charge is -2.35. The van der Waals surface area contributed by atoms with Crippen LogP contribution >= 0.6 is 0 Å². The maximum atomic E-state index is 12.3. The van der Waals surface area contributed by atoms with Crippen LogP contribution in [0.5, 0.6) is 0 Å². The Kier molecular flexibility index (Phi) is 5.95. The second-order valence-corrected chi connectivity index (χ2v) is 5.68. The molecule has 1 aliphatic heterocycles. The molecule has 5 N–H and O–H groups in total. The summed E-state index contributed by atoms with van der Waals surface area (Å²) in [6.07, 6.45) is 0.763. The van der Waals surface area contributed by atoms with E-state index in [1.807, 2.05) is 13.8 Å². The van der Waals surface area contributed by atoms with E-state index in [1.165, 1.54) is 0 Å². The molecule has 1 saturated heterocycles. The molecule has 1 atom stereocenters. The van der Waals surface area contributed by atoms with Gasteiger partial charge in [0.2, 0.25) is 5.91 Å². The number of carboxylic acid groups (broad SMARTS) is 1. The third-order valence-corrected chi connectivity index (χ3v) is 3.46. The molecule has 0 spiro atoms. The maximum Gasteiger partial charge on any atom is 0.329 e. The van der Waals surface area contributed by atoms with E-state index in [-0.39, 0.29) is 32.0 Å². The SMILES string of the molecule is CC(C)CC(NC(N)=O)C(=O)NC1(C(=O)O)CCOCC1. The average molecular weight is 301 g/mol. The average Bonchev–Trinajstić information content (AvgIpc) is 2.37. The van der Waals surface area contributed by atoms with Crippen molar-refractivity contribution < 1.29 is 24.2 Å². The molecule has 1 fully saturated rings. The number of primary amides is 1. The third-order valence-electron chi connectivity index (χ3n) is 3.46. The first-order chi connectivity index (χ1) is 9.77. The number of hydrogen-bond donors (Lipinski definition) is 4. The molecule has 8 heteroatoms. The summed E-state index contributed by atoms with van der Waals surface area (Å²) in [5, 5.41) is 14.3. The van der Waals surface area contributed by atoms with Crippen molar-refractivity contribution in [2.75, 3.05) is 13.2 Å². The molecule has 8 nitrogen and oxygen atoms in total. The van der Waals surface area contributed by atoms with Gasteiger partial charge < -0.3 is 26.2 Å². The van der Waals surface area contributed by atoms with E-state index in [0.717, 1.165) is 0 Å². The Morgan fingerprint density at radius 2 is 1.86 bits per heavy atom. The van der Waals surface area contributed by atoms with Gasteiger partial charge in [0.15, 0.2) is 0 Å². The quantitative estimate of drug-likeness (QED) is 0.540. The second kappa shape index (κ2) is 7.26. The van der Waals surface area contributed by atoms with Gasteiger partial charge in [0.25, 0.3) is 0 Å².